The highest BCUT2D eigenvalue weighted by Gasteiger charge is 2.39. The van der Waals surface area contributed by atoms with Crippen LogP contribution in [-0.2, 0) is 0 Å². The summed E-state index contributed by atoms with van der Waals surface area (Å²) in [6.07, 6.45) is 9.25. The second kappa shape index (κ2) is 6.20. The molecule has 0 radical (unpaired) electrons. The van der Waals surface area contributed by atoms with Crippen LogP contribution in [0, 0.1) is 16.7 Å². The highest BCUT2D eigenvalue weighted by atomic mass is 15.2. The SMILES string of the molecule is CN(C1CCC(C)(C)CC1)C1CC(C(C)(C)C)CCC1N. The van der Waals surface area contributed by atoms with E-state index in [0.29, 0.717) is 22.9 Å². The second-order valence-corrected chi connectivity index (χ2v) is 9.67. The zero-order valence-electron chi connectivity index (χ0n) is 15.3. The van der Waals surface area contributed by atoms with E-state index in [9.17, 15) is 0 Å². The average Bonchev–Trinajstić information content (AvgIpc) is 2.37. The van der Waals surface area contributed by atoms with Gasteiger partial charge in [0.05, 0.1) is 0 Å². The van der Waals surface area contributed by atoms with E-state index in [1.54, 1.807) is 0 Å². The molecule has 21 heavy (non-hydrogen) atoms. The van der Waals surface area contributed by atoms with Gasteiger partial charge in [0.25, 0.3) is 0 Å². The third-order valence-electron chi connectivity index (χ3n) is 6.50. The van der Waals surface area contributed by atoms with Crippen molar-refractivity contribution in [2.75, 3.05) is 7.05 Å². The van der Waals surface area contributed by atoms with E-state index in [1.165, 1.54) is 44.9 Å². The highest BCUT2D eigenvalue weighted by molar-refractivity contribution is 4.95. The van der Waals surface area contributed by atoms with Crippen molar-refractivity contribution in [3.05, 3.63) is 0 Å². The fourth-order valence-corrected chi connectivity index (χ4v) is 4.49. The lowest BCUT2D eigenvalue weighted by Gasteiger charge is -2.48. The Morgan fingerprint density at radius 1 is 1.00 bits per heavy atom. The number of likely N-dealkylation sites (N-methyl/N-ethyl adjacent to an activating group) is 1. The Bertz CT molecular complexity index is 332. The van der Waals surface area contributed by atoms with E-state index in [-0.39, 0.29) is 0 Å². The van der Waals surface area contributed by atoms with Crippen molar-refractivity contribution in [3.63, 3.8) is 0 Å². The van der Waals surface area contributed by atoms with Gasteiger partial charge in [-0.25, -0.2) is 0 Å². The predicted molar refractivity (Wildman–Crippen MR) is 92.4 cm³/mol. The second-order valence-electron chi connectivity index (χ2n) is 9.67. The molecule has 3 atom stereocenters. The highest BCUT2D eigenvalue weighted by Crippen LogP contribution is 2.41. The van der Waals surface area contributed by atoms with Crippen molar-refractivity contribution < 1.29 is 0 Å². The van der Waals surface area contributed by atoms with Gasteiger partial charge in [-0.15, -0.1) is 0 Å². The molecule has 0 amide bonds. The largest absolute Gasteiger partial charge is 0.326 e. The van der Waals surface area contributed by atoms with Crippen LogP contribution in [0.15, 0.2) is 0 Å². The van der Waals surface area contributed by atoms with Gasteiger partial charge in [0.2, 0.25) is 0 Å². The molecule has 0 bridgehead atoms. The topological polar surface area (TPSA) is 29.3 Å². The Morgan fingerprint density at radius 3 is 2.10 bits per heavy atom. The van der Waals surface area contributed by atoms with Crippen molar-refractivity contribution in [1.82, 2.24) is 4.90 Å². The van der Waals surface area contributed by atoms with Gasteiger partial charge in [-0.1, -0.05) is 34.6 Å². The van der Waals surface area contributed by atoms with E-state index in [4.69, 9.17) is 5.73 Å². The van der Waals surface area contributed by atoms with Crippen molar-refractivity contribution in [1.29, 1.82) is 0 Å². The van der Waals surface area contributed by atoms with Crippen LogP contribution < -0.4 is 5.73 Å². The standard InChI is InChI=1S/C19H38N2/c1-18(2,3)14-7-8-16(20)17(13-14)21(6)15-9-11-19(4,5)12-10-15/h14-17H,7-13,20H2,1-6H3. The first kappa shape index (κ1) is 17.3. The summed E-state index contributed by atoms with van der Waals surface area (Å²) in [6.45, 7) is 12.0. The van der Waals surface area contributed by atoms with Crippen LogP contribution >= 0.6 is 0 Å². The maximum atomic E-state index is 6.50. The van der Waals surface area contributed by atoms with Gasteiger partial charge in [0.15, 0.2) is 0 Å². The number of hydrogen-bond acceptors (Lipinski definition) is 2. The van der Waals surface area contributed by atoms with Crippen LogP contribution in [0.2, 0.25) is 0 Å². The Labute approximate surface area is 132 Å². The summed E-state index contributed by atoms with van der Waals surface area (Å²) >= 11 is 0. The molecule has 2 fully saturated rings. The monoisotopic (exact) mass is 294 g/mol. The molecular weight excluding hydrogens is 256 g/mol. The van der Waals surface area contributed by atoms with E-state index >= 15 is 0 Å². The van der Waals surface area contributed by atoms with E-state index in [0.717, 1.165) is 12.0 Å². The maximum Gasteiger partial charge on any atom is 0.0249 e. The zero-order valence-corrected chi connectivity index (χ0v) is 15.3. The molecule has 0 aromatic rings. The Balaban J connectivity index is 1.98. The summed E-state index contributed by atoms with van der Waals surface area (Å²) in [4.78, 5) is 2.66. The van der Waals surface area contributed by atoms with Crippen LogP contribution in [0.1, 0.15) is 79.6 Å². The minimum absolute atomic E-state index is 0.378. The minimum Gasteiger partial charge on any atom is -0.326 e. The average molecular weight is 295 g/mol. The van der Waals surface area contributed by atoms with Gasteiger partial charge in [0, 0.05) is 18.1 Å². The van der Waals surface area contributed by atoms with Gasteiger partial charge in [-0.2, -0.15) is 0 Å². The molecule has 2 nitrogen and oxygen atoms in total. The van der Waals surface area contributed by atoms with Crippen LogP contribution in [0.25, 0.3) is 0 Å². The molecule has 3 unspecified atom stereocenters. The number of rotatable bonds is 2. The molecule has 0 heterocycles. The number of nitrogens with two attached hydrogens (primary N) is 1. The molecule has 2 saturated carbocycles. The molecule has 2 aliphatic carbocycles. The third kappa shape index (κ3) is 4.22. The van der Waals surface area contributed by atoms with Gasteiger partial charge < -0.3 is 5.73 Å². The van der Waals surface area contributed by atoms with Crippen LogP contribution in [0.3, 0.4) is 0 Å². The molecule has 0 aromatic heterocycles. The minimum atomic E-state index is 0.378. The summed E-state index contributed by atoms with van der Waals surface area (Å²) in [6, 6.07) is 1.73. The van der Waals surface area contributed by atoms with Crippen molar-refractivity contribution >= 4 is 0 Å². The summed E-state index contributed by atoms with van der Waals surface area (Å²) in [7, 11) is 2.35. The van der Waals surface area contributed by atoms with E-state index in [1.807, 2.05) is 0 Å². The molecule has 0 spiro atoms. The lowest BCUT2D eigenvalue weighted by Crippen LogP contribution is -2.55. The van der Waals surface area contributed by atoms with E-state index in [2.05, 4.69) is 46.6 Å². The third-order valence-corrected chi connectivity index (χ3v) is 6.50. The molecular formula is C19H38N2. The first-order valence-electron chi connectivity index (χ1n) is 9.08. The Morgan fingerprint density at radius 2 is 1.57 bits per heavy atom. The lowest BCUT2D eigenvalue weighted by molar-refractivity contribution is 0.0350. The Hall–Kier alpha value is -0.0800. The summed E-state index contributed by atoms with van der Waals surface area (Å²) in [5, 5.41) is 0. The van der Waals surface area contributed by atoms with E-state index < -0.39 is 0 Å². The fourth-order valence-electron chi connectivity index (χ4n) is 4.49. The maximum absolute atomic E-state index is 6.50. The number of nitrogens with zero attached hydrogens (tertiary/aromatic N) is 1. The van der Waals surface area contributed by atoms with Crippen molar-refractivity contribution in [2.45, 2.75) is 97.7 Å². The van der Waals surface area contributed by atoms with Crippen molar-refractivity contribution in [2.24, 2.45) is 22.5 Å². The predicted octanol–water partition coefficient (Wildman–Crippen LogP) is 4.43. The quantitative estimate of drug-likeness (QED) is 0.816. The molecule has 2 rings (SSSR count). The van der Waals surface area contributed by atoms with Gasteiger partial charge >= 0.3 is 0 Å². The van der Waals surface area contributed by atoms with Crippen LogP contribution in [-0.4, -0.2) is 30.1 Å². The molecule has 2 heteroatoms. The molecule has 0 saturated heterocycles. The molecule has 0 aliphatic heterocycles. The Kier molecular flexibility index (Phi) is 5.10. The first-order valence-corrected chi connectivity index (χ1v) is 9.08. The van der Waals surface area contributed by atoms with Crippen molar-refractivity contribution in [3.8, 4) is 0 Å². The van der Waals surface area contributed by atoms with Crippen LogP contribution in [0.4, 0.5) is 0 Å². The smallest absolute Gasteiger partial charge is 0.0249 e. The number of hydrogen-bond donors (Lipinski definition) is 1. The molecule has 0 aromatic carbocycles. The normalized spacial score (nSPS) is 35.1. The molecule has 124 valence electrons. The molecule has 2 aliphatic rings. The lowest BCUT2D eigenvalue weighted by atomic mass is 9.69. The fraction of sp³-hybridized carbons (Fsp3) is 1.00. The first-order chi connectivity index (χ1) is 9.60. The van der Waals surface area contributed by atoms with Gasteiger partial charge in [-0.3, -0.25) is 4.90 Å². The summed E-state index contributed by atoms with van der Waals surface area (Å²) in [5.74, 6) is 0.824. The summed E-state index contributed by atoms with van der Waals surface area (Å²) in [5.41, 5.74) is 7.48. The zero-order chi connectivity index (χ0) is 15.8. The van der Waals surface area contributed by atoms with Gasteiger partial charge in [0.1, 0.15) is 0 Å². The summed E-state index contributed by atoms with van der Waals surface area (Å²) < 4.78 is 0. The molecule has 2 N–H and O–H groups in total. The van der Waals surface area contributed by atoms with Gasteiger partial charge in [-0.05, 0) is 68.7 Å². The van der Waals surface area contributed by atoms with Crippen LogP contribution in [0.5, 0.6) is 0 Å².